The zero-order valence-electron chi connectivity index (χ0n) is 19.6. The first-order chi connectivity index (χ1) is 16.6. The highest BCUT2D eigenvalue weighted by molar-refractivity contribution is 7.11. The van der Waals surface area contributed by atoms with E-state index in [4.69, 9.17) is 10.4 Å². The average Bonchev–Trinajstić information content (AvgIpc) is 3.45. The van der Waals surface area contributed by atoms with Gasteiger partial charge in [0.05, 0.1) is 17.8 Å². The minimum Gasteiger partial charge on any atom is -0.510 e. The molecule has 1 saturated heterocycles. The number of rotatable bonds is 7. The van der Waals surface area contributed by atoms with Crippen LogP contribution in [0, 0.1) is 5.41 Å². The minimum atomic E-state index is 0.255. The number of piperazine rings is 1. The molecule has 2 aromatic carbocycles. The highest BCUT2D eigenvalue weighted by atomic mass is 32.1. The van der Waals surface area contributed by atoms with E-state index in [1.165, 1.54) is 22.5 Å². The third-order valence-electron chi connectivity index (χ3n) is 6.69. The molecular formula is C27H31N5OS. The Hall–Kier alpha value is -3.00. The Morgan fingerprint density at radius 1 is 0.912 bits per heavy atom. The smallest absolute Gasteiger partial charge is 0.135 e. The van der Waals surface area contributed by atoms with Crippen LogP contribution in [0.25, 0.3) is 28.0 Å². The number of hydrogen-bond acceptors (Lipinski definition) is 6. The minimum absolute atomic E-state index is 0.255. The first-order valence-corrected chi connectivity index (χ1v) is 12.7. The van der Waals surface area contributed by atoms with Gasteiger partial charge in [-0.1, -0.05) is 54.6 Å². The Morgan fingerprint density at radius 3 is 2.32 bits per heavy atom. The second kappa shape index (κ2) is 10.1. The molecule has 2 N–H and O–H groups in total. The lowest BCUT2D eigenvalue weighted by Crippen LogP contribution is -2.45. The molecule has 2 aliphatic heterocycles. The van der Waals surface area contributed by atoms with Gasteiger partial charge in [0.15, 0.2) is 0 Å². The SMILES string of the molecule is CN1CCN(CCCN2CC(O)=C(c3nc(-c4ccc(-c5ccccc5)cc4)cs3)C2=N)CC1. The first-order valence-electron chi connectivity index (χ1n) is 11.9. The lowest BCUT2D eigenvalue weighted by molar-refractivity contribution is 0.150. The fraction of sp³-hybridized carbons (Fsp3) is 0.333. The largest absolute Gasteiger partial charge is 0.510 e. The van der Waals surface area contributed by atoms with Gasteiger partial charge in [0.2, 0.25) is 0 Å². The molecule has 0 radical (unpaired) electrons. The molecule has 0 atom stereocenters. The summed E-state index contributed by atoms with van der Waals surface area (Å²) in [6.07, 6.45) is 0.990. The van der Waals surface area contributed by atoms with Crippen molar-refractivity contribution in [3.8, 4) is 22.4 Å². The van der Waals surface area contributed by atoms with E-state index in [1.54, 1.807) is 0 Å². The van der Waals surface area contributed by atoms with Gasteiger partial charge in [-0.15, -0.1) is 11.3 Å². The quantitative estimate of drug-likeness (QED) is 0.522. The van der Waals surface area contributed by atoms with Crippen LogP contribution in [0.15, 0.2) is 65.7 Å². The third-order valence-corrected chi connectivity index (χ3v) is 7.55. The average molecular weight is 474 g/mol. The zero-order valence-corrected chi connectivity index (χ0v) is 20.4. The molecule has 3 aromatic rings. The van der Waals surface area contributed by atoms with Crippen molar-refractivity contribution in [1.82, 2.24) is 19.7 Å². The number of benzene rings is 2. The lowest BCUT2D eigenvalue weighted by atomic mass is 10.0. The molecule has 0 bridgehead atoms. The van der Waals surface area contributed by atoms with E-state index in [0.717, 1.165) is 56.9 Å². The van der Waals surface area contributed by atoms with E-state index >= 15 is 0 Å². The molecule has 0 aliphatic carbocycles. The van der Waals surface area contributed by atoms with Crippen molar-refractivity contribution in [2.24, 2.45) is 0 Å². The number of aromatic nitrogens is 1. The number of likely N-dealkylation sites (N-methyl/N-ethyl adjacent to an activating group) is 1. The number of nitrogens with zero attached hydrogens (tertiary/aromatic N) is 4. The van der Waals surface area contributed by atoms with Gasteiger partial charge in [-0.05, 0) is 31.1 Å². The standard InChI is InChI=1S/C27H31N5OS/c1-30-14-16-31(17-15-30)12-5-13-32-18-24(33)25(26(32)28)27-29-23(19-34-27)22-10-8-21(9-11-22)20-6-3-2-4-7-20/h2-4,6-11,19,28,33H,5,12-18H2,1H3. The molecule has 7 heteroatoms. The molecule has 3 heterocycles. The summed E-state index contributed by atoms with van der Waals surface area (Å²) in [5.41, 5.74) is 4.86. The molecule has 0 saturated carbocycles. The third kappa shape index (κ3) is 4.92. The van der Waals surface area contributed by atoms with Gasteiger partial charge in [-0.25, -0.2) is 4.98 Å². The molecule has 5 rings (SSSR count). The molecule has 0 spiro atoms. The topological polar surface area (TPSA) is 66.7 Å². The summed E-state index contributed by atoms with van der Waals surface area (Å²) in [5, 5.41) is 22.0. The van der Waals surface area contributed by atoms with Crippen molar-refractivity contribution in [3.63, 3.8) is 0 Å². The molecule has 176 valence electrons. The normalized spacial score (nSPS) is 17.7. The highest BCUT2D eigenvalue weighted by Gasteiger charge is 2.30. The van der Waals surface area contributed by atoms with Crippen molar-refractivity contribution >= 4 is 22.7 Å². The van der Waals surface area contributed by atoms with Crippen LogP contribution in [0.4, 0.5) is 0 Å². The maximum Gasteiger partial charge on any atom is 0.135 e. The fourth-order valence-electron chi connectivity index (χ4n) is 4.59. The molecule has 2 aliphatic rings. The van der Waals surface area contributed by atoms with Gasteiger partial charge < -0.3 is 19.8 Å². The summed E-state index contributed by atoms with van der Waals surface area (Å²) >= 11 is 1.49. The van der Waals surface area contributed by atoms with Crippen molar-refractivity contribution in [1.29, 1.82) is 5.41 Å². The van der Waals surface area contributed by atoms with Crippen LogP contribution in [-0.4, -0.2) is 83.5 Å². The zero-order chi connectivity index (χ0) is 23.5. The maximum atomic E-state index is 10.7. The van der Waals surface area contributed by atoms with Crippen LogP contribution in [0.5, 0.6) is 0 Å². The van der Waals surface area contributed by atoms with Crippen LogP contribution in [0.2, 0.25) is 0 Å². The van der Waals surface area contributed by atoms with Gasteiger partial charge in [0.1, 0.15) is 16.6 Å². The van der Waals surface area contributed by atoms with E-state index in [9.17, 15) is 5.11 Å². The number of thiazole rings is 1. The van der Waals surface area contributed by atoms with Crippen LogP contribution >= 0.6 is 11.3 Å². The Morgan fingerprint density at radius 2 is 1.59 bits per heavy atom. The summed E-state index contributed by atoms with van der Waals surface area (Å²) in [5.74, 6) is 0.640. The van der Waals surface area contributed by atoms with Crippen molar-refractivity contribution in [2.45, 2.75) is 6.42 Å². The number of nitrogens with one attached hydrogen (secondary N) is 1. The van der Waals surface area contributed by atoms with Gasteiger partial charge in [0.25, 0.3) is 0 Å². The predicted molar refractivity (Wildman–Crippen MR) is 140 cm³/mol. The van der Waals surface area contributed by atoms with Gasteiger partial charge in [-0.2, -0.15) is 0 Å². The number of aliphatic hydroxyl groups excluding tert-OH is 1. The molecular weight excluding hydrogens is 442 g/mol. The molecule has 0 unspecified atom stereocenters. The van der Waals surface area contributed by atoms with E-state index in [-0.39, 0.29) is 5.76 Å². The van der Waals surface area contributed by atoms with Crippen LogP contribution in [0.1, 0.15) is 11.4 Å². The van der Waals surface area contributed by atoms with Gasteiger partial charge >= 0.3 is 0 Å². The second-order valence-corrected chi connectivity index (χ2v) is 9.93. The predicted octanol–water partition coefficient (Wildman–Crippen LogP) is 4.68. The van der Waals surface area contributed by atoms with E-state index < -0.39 is 0 Å². The summed E-state index contributed by atoms with van der Waals surface area (Å²) in [7, 11) is 2.17. The highest BCUT2D eigenvalue weighted by Crippen LogP contribution is 2.33. The van der Waals surface area contributed by atoms with E-state index in [2.05, 4.69) is 53.2 Å². The van der Waals surface area contributed by atoms with Crippen molar-refractivity contribution in [2.75, 3.05) is 52.9 Å². The monoisotopic (exact) mass is 473 g/mol. The van der Waals surface area contributed by atoms with Crippen LogP contribution < -0.4 is 0 Å². The Labute approximate surface area is 205 Å². The van der Waals surface area contributed by atoms with Crippen LogP contribution in [0.3, 0.4) is 0 Å². The maximum absolute atomic E-state index is 10.7. The van der Waals surface area contributed by atoms with Crippen molar-refractivity contribution in [3.05, 3.63) is 70.7 Å². The molecule has 6 nitrogen and oxygen atoms in total. The number of hydrogen-bond donors (Lipinski definition) is 2. The van der Waals surface area contributed by atoms with Crippen molar-refractivity contribution < 1.29 is 5.11 Å². The van der Waals surface area contributed by atoms with Crippen LogP contribution in [-0.2, 0) is 0 Å². The molecule has 1 aromatic heterocycles. The fourth-order valence-corrected chi connectivity index (χ4v) is 5.49. The van der Waals surface area contributed by atoms with Gasteiger partial charge in [0, 0.05) is 43.7 Å². The lowest BCUT2D eigenvalue weighted by Gasteiger charge is -2.32. The second-order valence-electron chi connectivity index (χ2n) is 9.07. The first kappa shape index (κ1) is 22.8. The Bertz CT molecular complexity index is 1160. The van der Waals surface area contributed by atoms with Gasteiger partial charge in [-0.3, -0.25) is 5.41 Å². The number of aliphatic hydroxyl groups is 1. The number of amidine groups is 1. The van der Waals surface area contributed by atoms with E-state index in [0.29, 0.717) is 23.0 Å². The molecule has 34 heavy (non-hydrogen) atoms. The summed E-state index contributed by atoms with van der Waals surface area (Å²) < 4.78 is 0. The van der Waals surface area contributed by atoms with E-state index in [1.807, 2.05) is 28.5 Å². The Balaban J connectivity index is 1.21. The summed E-state index contributed by atoms with van der Waals surface area (Å²) in [6, 6.07) is 18.7. The summed E-state index contributed by atoms with van der Waals surface area (Å²) in [6.45, 7) is 6.66. The summed E-state index contributed by atoms with van der Waals surface area (Å²) in [4.78, 5) is 11.6. The molecule has 1 fully saturated rings. The Kier molecular flexibility index (Phi) is 6.76. The molecule has 0 amide bonds.